The summed E-state index contributed by atoms with van der Waals surface area (Å²) in [6.07, 6.45) is 5.48. The molecule has 1 spiro atoms. The van der Waals surface area contributed by atoms with Gasteiger partial charge in [0, 0.05) is 32.0 Å². The Morgan fingerprint density at radius 3 is 2.80 bits per heavy atom. The van der Waals surface area contributed by atoms with Crippen LogP contribution in [0.25, 0.3) is 10.2 Å². The molecule has 2 aliphatic heterocycles. The minimum atomic E-state index is -0.705. The first-order valence-electron chi connectivity index (χ1n) is 10.8. The van der Waals surface area contributed by atoms with E-state index in [1.54, 1.807) is 11.3 Å². The number of hydrogen-bond acceptors (Lipinski definition) is 5. The number of nitrogens with zero attached hydrogens (tertiary/aromatic N) is 3. The van der Waals surface area contributed by atoms with E-state index in [0.29, 0.717) is 19.4 Å². The van der Waals surface area contributed by atoms with Crippen LogP contribution in [0.2, 0.25) is 0 Å². The zero-order chi connectivity index (χ0) is 20.7. The van der Waals surface area contributed by atoms with E-state index >= 15 is 0 Å². The number of imide groups is 1. The van der Waals surface area contributed by atoms with Crippen LogP contribution in [0, 0.1) is 0 Å². The Hall–Kier alpha value is -2.48. The van der Waals surface area contributed by atoms with Crippen molar-refractivity contribution in [1.82, 2.24) is 20.1 Å². The Morgan fingerprint density at radius 2 is 2.00 bits per heavy atom. The predicted molar refractivity (Wildman–Crippen MR) is 114 cm³/mol. The highest BCUT2D eigenvalue weighted by atomic mass is 32.1. The average molecular weight is 427 g/mol. The monoisotopic (exact) mass is 426 g/mol. The van der Waals surface area contributed by atoms with Gasteiger partial charge < -0.3 is 10.2 Å². The maximum atomic E-state index is 12.9. The second kappa shape index (κ2) is 7.65. The number of hydrogen-bond donors (Lipinski definition) is 1. The third-order valence-electron chi connectivity index (χ3n) is 6.69. The summed E-state index contributed by atoms with van der Waals surface area (Å²) in [7, 11) is 0. The molecule has 1 atom stereocenters. The molecule has 0 radical (unpaired) electrons. The summed E-state index contributed by atoms with van der Waals surface area (Å²) in [6.45, 7) is 1.54. The molecule has 0 bridgehead atoms. The smallest absolute Gasteiger partial charge is 0.325 e. The number of carbonyl (C=O) groups is 3. The first-order valence-corrected chi connectivity index (χ1v) is 11.6. The summed E-state index contributed by atoms with van der Waals surface area (Å²) < 4.78 is 1.18. The number of thiazole rings is 1. The van der Waals surface area contributed by atoms with Crippen molar-refractivity contribution in [3.63, 3.8) is 0 Å². The zero-order valence-corrected chi connectivity index (χ0v) is 17.7. The van der Waals surface area contributed by atoms with E-state index in [9.17, 15) is 14.4 Å². The first kappa shape index (κ1) is 19.5. The lowest BCUT2D eigenvalue weighted by Gasteiger charge is -2.32. The van der Waals surface area contributed by atoms with E-state index in [-0.39, 0.29) is 36.7 Å². The molecule has 30 heavy (non-hydrogen) atoms. The summed E-state index contributed by atoms with van der Waals surface area (Å²) in [5.74, 6) is 0.108. The SMILES string of the molecule is O=C(CCN1C(=O)NC2(CCCC2)C1=O)N1CCC[C@@H](c2nc3ccccc3s2)C1. The van der Waals surface area contributed by atoms with Crippen LogP contribution in [0.4, 0.5) is 4.79 Å². The third-order valence-corrected chi connectivity index (χ3v) is 7.88. The van der Waals surface area contributed by atoms with Gasteiger partial charge >= 0.3 is 6.03 Å². The summed E-state index contributed by atoms with van der Waals surface area (Å²) >= 11 is 1.71. The van der Waals surface area contributed by atoms with Gasteiger partial charge in [-0.15, -0.1) is 11.3 Å². The molecule has 3 aliphatic rings. The Kier molecular flexibility index (Phi) is 4.97. The van der Waals surface area contributed by atoms with E-state index in [1.165, 1.54) is 9.60 Å². The highest BCUT2D eigenvalue weighted by molar-refractivity contribution is 7.18. The zero-order valence-electron chi connectivity index (χ0n) is 16.9. The van der Waals surface area contributed by atoms with Crippen LogP contribution in [0.5, 0.6) is 0 Å². The minimum Gasteiger partial charge on any atom is -0.342 e. The molecular formula is C22H26N4O3S. The molecule has 3 fully saturated rings. The molecule has 8 heteroatoms. The Morgan fingerprint density at radius 1 is 1.20 bits per heavy atom. The van der Waals surface area contributed by atoms with Crippen LogP contribution in [0.15, 0.2) is 24.3 Å². The number of para-hydroxylation sites is 1. The van der Waals surface area contributed by atoms with Gasteiger partial charge in [0.25, 0.3) is 5.91 Å². The topological polar surface area (TPSA) is 82.6 Å². The van der Waals surface area contributed by atoms with Crippen molar-refractivity contribution in [2.24, 2.45) is 0 Å². The lowest BCUT2D eigenvalue weighted by Crippen LogP contribution is -2.44. The molecule has 1 aliphatic carbocycles. The van der Waals surface area contributed by atoms with E-state index < -0.39 is 5.54 Å². The first-order chi connectivity index (χ1) is 14.6. The van der Waals surface area contributed by atoms with E-state index in [4.69, 9.17) is 4.98 Å². The molecule has 1 saturated carbocycles. The number of likely N-dealkylation sites (tertiary alicyclic amines) is 1. The van der Waals surface area contributed by atoms with Crippen LogP contribution in [-0.4, -0.2) is 57.8 Å². The Labute approximate surface area is 179 Å². The molecule has 1 N–H and O–H groups in total. The molecule has 158 valence electrons. The third kappa shape index (κ3) is 3.37. The van der Waals surface area contributed by atoms with Crippen molar-refractivity contribution < 1.29 is 14.4 Å². The fraction of sp³-hybridized carbons (Fsp3) is 0.545. The van der Waals surface area contributed by atoms with Gasteiger partial charge in [0.15, 0.2) is 0 Å². The van der Waals surface area contributed by atoms with E-state index in [1.807, 2.05) is 23.1 Å². The highest BCUT2D eigenvalue weighted by Crippen LogP contribution is 2.35. The number of urea groups is 1. The fourth-order valence-electron chi connectivity index (χ4n) is 5.03. The number of amides is 4. The predicted octanol–water partition coefficient (Wildman–Crippen LogP) is 3.26. The summed E-state index contributed by atoms with van der Waals surface area (Å²) in [6, 6.07) is 7.77. The van der Waals surface area contributed by atoms with Crippen LogP contribution in [0.3, 0.4) is 0 Å². The van der Waals surface area contributed by atoms with Crippen LogP contribution in [-0.2, 0) is 9.59 Å². The maximum Gasteiger partial charge on any atom is 0.325 e. The number of aromatic nitrogens is 1. The summed E-state index contributed by atoms with van der Waals surface area (Å²) in [4.78, 5) is 45.9. The second-order valence-electron chi connectivity index (χ2n) is 8.62. The number of carbonyl (C=O) groups excluding carboxylic acids is 3. The molecule has 4 amide bonds. The minimum absolute atomic E-state index is 0.00813. The maximum absolute atomic E-state index is 12.9. The standard InChI is InChI=1S/C22H26N4O3S/c27-18(9-13-26-20(28)22(24-21(26)29)10-3-4-11-22)25-12-5-6-15(14-25)19-23-16-7-1-2-8-17(16)30-19/h1-2,7-8,15H,3-6,9-14H2,(H,24,29)/t15-/m1/s1. The largest absolute Gasteiger partial charge is 0.342 e. The number of nitrogens with one attached hydrogen (secondary N) is 1. The lowest BCUT2D eigenvalue weighted by atomic mass is 9.98. The average Bonchev–Trinajstić information content (AvgIpc) is 3.46. The van der Waals surface area contributed by atoms with E-state index in [0.717, 1.165) is 42.8 Å². The van der Waals surface area contributed by atoms with Crippen LogP contribution >= 0.6 is 11.3 Å². The van der Waals surface area contributed by atoms with Crippen LogP contribution < -0.4 is 5.32 Å². The van der Waals surface area contributed by atoms with Crippen molar-refractivity contribution in [2.75, 3.05) is 19.6 Å². The molecule has 0 unspecified atom stereocenters. The number of rotatable bonds is 4. The number of piperidine rings is 1. The van der Waals surface area contributed by atoms with E-state index in [2.05, 4.69) is 11.4 Å². The van der Waals surface area contributed by atoms with Gasteiger partial charge in [0.1, 0.15) is 5.54 Å². The van der Waals surface area contributed by atoms with Crippen molar-refractivity contribution in [1.29, 1.82) is 0 Å². The van der Waals surface area contributed by atoms with Gasteiger partial charge in [-0.05, 0) is 37.8 Å². The molecule has 1 aromatic heterocycles. The quantitative estimate of drug-likeness (QED) is 0.761. The molecule has 1 aromatic carbocycles. The molecule has 7 nitrogen and oxygen atoms in total. The summed E-state index contributed by atoms with van der Waals surface area (Å²) in [5.41, 5.74) is 0.309. The summed E-state index contributed by atoms with van der Waals surface area (Å²) in [5, 5.41) is 3.97. The normalized spacial score (nSPS) is 23.5. The second-order valence-corrected chi connectivity index (χ2v) is 9.69. The van der Waals surface area contributed by atoms with Crippen molar-refractivity contribution >= 4 is 39.4 Å². The Bertz CT molecular complexity index is 964. The van der Waals surface area contributed by atoms with Gasteiger partial charge in [0.2, 0.25) is 5.91 Å². The molecular weight excluding hydrogens is 400 g/mol. The number of fused-ring (bicyclic) bond motifs is 1. The highest BCUT2D eigenvalue weighted by Gasteiger charge is 2.52. The van der Waals surface area contributed by atoms with Gasteiger partial charge in [-0.3, -0.25) is 14.5 Å². The van der Waals surface area contributed by atoms with Gasteiger partial charge in [-0.25, -0.2) is 9.78 Å². The number of benzene rings is 1. The van der Waals surface area contributed by atoms with Crippen molar-refractivity contribution in [2.45, 2.75) is 56.4 Å². The molecule has 2 saturated heterocycles. The Balaban J connectivity index is 1.21. The molecule has 2 aromatic rings. The fourth-order valence-corrected chi connectivity index (χ4v) is 6.13. The molecule has 3 heterocycles. The van der Waals surface area contributed by atoms with Crippen molar-refractivity contribution in [3.8, 4) is 0 Å². The van der Waals surface area contributed by atoms with Gasteiger partial charge in [-0.1, -0.05) is 25.0 Å². The van der Waals surface area contributed by atoms with Gasteiger partial charge in [-0.2, -0.15) is 0 Å². The van der Waals surface area contributed by atoms with Gasteiger partial charge in [0.05, 0.1) is 15.2 Å². The lowest BCUT2D eigenvalue weighted by molar-refractivity contribution is -0.134. The van der Waals surface area contributed by atoms with Crippen molar-refractivity contribution in [3.05, 3.63) is 29.3 Å². The van der Waals surface area contributed by atoms with Crippen LogP contribution in [0.1, 0.15) is 55.9 Å². The molecule has 5 rings (SSSR count).